The Morgan fingerprint density at radius 1 is 1.26 bits per heavy atom. The summed E-state index contributed by atoms with van der Waals surface area (Å²) in [5.74, 6) is 0.666. The molecule has 3 aromatic rings. The Balaban J connectivity index is 1.70. The van der Waals surface area contributed by atoms with Crippen molar-refractivity contribution in [3.63, 3.8) is 0 Å². The molecule has 1 aliphatic heterocycles. The van der Waals surface area contributed by atoms with Crippen molar-refractivity contribution in [3.8, 4) is 0 Å². The van der Waals surface area contributed by atoms with Crippen LogP contribution < -0.4 is 5.73 Å². The fourth-order valence-electron chi connectivity index (χ4n) is 3.09. The first-order valence-electron chi connectivity index (χ1n) is 7.61. The van der Waals surface area contributed by atoms with Gasteiger partial charge in [-0.15, -0.1) is 0 Å². The molecule has 0 radical (unpaired) electrons. The molecule has 1 amide bonds. The average Bonchev–Trinajstić information content (AvgIpc) is 3.11. The minimum absolute atomic E-state index is 0.234. The number of carbonyl (C=O) groups is 1. The number of fused-ring (bicyclic) bond motifs is 3. The highest BCUT2D eigenvalue weighted by atomic mass is 79.9. The highest BCUT2D eigenvalue weighted by molar-refractivity contribution is 9.10. The van der Waals surface area contributed by atoms with Crippen molar-refractivity contribution < 1.29 is 4.79 Å². The van der Waals surface area contributed by atoms with E-state index in [1.165, 1.54) is 0 Å². The van der Waals surface area contributed by atoms with Crippen molar-refractivity contribution >= 4 is 49.5 Å². The normalized spacial score (nSPS) is 15.2. The molecule has 1 fully saturated rings. The van der Waals surface area contributed by atoms with Gasteiger partial charge in [-0.25, -0.2) is 4.98 Å². The van der Waals surface area contributed by atoms with Crippen molar-refractivity contribution in [1.29, 1.82) is 0 Å². The zero-order valence-electron chi connectivity index (χ0n) is 12.5. The molecule has 0 saturated carbocycles. The Kier molecular flexibility index (Phi) is 3.45. The van der Waals surface area contributed by atoms with Gasteiger partial charge >= 0.3 is 0 Å². The molecule has 0 bridgehead atoms. The van der Waals surface area contributed by atoms with E-state index in [1.807, 2.05) is 34.0 Å². The van der Waals surface area contributed by atoms with Gasteiger partial charge in [-0.3, -0.25) is 9.48 Å². The summed E-state index contributed by atoms with van der Waals surface area (Å²) in [5.41, 5.74) is 7.62. The molecule has 1 aliphatic rings. The van der Waals surface area contributed by atoms with Gasteiger partial charge in [-0.2, -0.15) is 5.10 Å². The van der Waals surface area contributed by atoms with Crippen molar-refractivity contribution in [2.45, 2.75) is 19.4 Å². The van der Waals surface area contributed by atoms with Crippen LogP contribution in [0.5, 0.6) is 0 Å². The molecule has 2 aromatic heterocycles. The number of pyridine rings is 1. The summed E-state index contributed by atoms with van der Waals surface area (Å²) in [7, 11) is 0. The number of amides is 1. The van der Waals surface area contributed by atoms with E-state index >= 15 is 0 Å². The van der Waals surface area contributed by atoms with E-state index in [4.69, 9.17) is 5.73 Å². The van der Waals surface area contributed by atoms with E-state index < -0.39 is 0 Å². The van der Waals surface area contributed by atoms with Gasteiger partial charge in [0.15, 0.2) is 5.82 Å². The standard InChI is InChI=1S/C16H16BrN5O/c17-10-3-4-11-12-9-22(7-6-21-5-1-2-14(21)23)20-15(12)16(18)19-13(11)8-10/h3-4,8-9H,1-2,5-7H2,(H2,18,19). The number of nitrogens with zero attached hydrogens (tertiary/aromatic N) is 4. The molecule has 2 N–H and O–H groups in total. The maximum atomic E-state index is 11.7. The topological polar surface area (TPSA) is 77.0 Å². The third-order valence-electron chi connectivity index (χ3n) is 4.27. The molecule has 4 rings (SSSR count). The fraction of sp³-hybridized carbons (Fsp3) is 0.312. The average molecular weight is 374 g/mol. The van der Waals surface area contributed by atoms with E-state index in [0.29, 0.717) is 30.8 Å². The quantitative estimate of drug-likeness (QED) is 0.765. The molecule has 7 heteroatoms. The summed E-state index contributed by atoms with van der Waals surface area (Å²) in [4.78, 5) is 18.0. The van der Waals surface area contributed by atoms with Crippen LogP contribution in [-0.4, -0.2) is 38.7 Å². The minimum atomic E-state index is 0.234. The second-order valence-electron chi connectivity index (χ2n) is 5.80. The van der Waals surface area contributed by atoms with Gasteiger partial charge < -0.3 is 10.6 Å². The van der Waals surface area contributed by atoms with Crippen LogP contribution in [0.2, 0.25) is 0 Å². The summed E-state index contributed by atoms with van der Waals surface area (Å²) in [5, 5.41) is 6.57. The second-order valence-corrected chi connectivity index (χ2v) is 6.71. The Hall–Kier alpha value is -2.15. The van der Waals surface area contributed by atoms with Crippen LogP contribution in [0.3, 0.4) is 0 Å². The predicted octanol–water partition coefficient (Wildman–Crippen LogP) is 2.55. The monoisotopic (exact) mass is 373 g/mol. The van der Waals surface area contributed by atoms with Crippen LogP contribution >= 0.6 is 15.9 Å². The van der Waals surface area contributed by atoms with Gasteiger partial charge in [0.1, 0.15) is 5.52 Å². The highest BCUT2D eigenvalue weighted by Crippen LogP contribution is 2.28. The van der Waals surface area contributed by atoms with Gasteiger partial charge in [0, 0.05) is 41.0 Å². The summed E-state index contributed by atoms with van der Waals surface area (Å²) in [6.07, 6.45) is 3.61. The number of aromatic nitrogens is 3. The van der Waals surface area contributed by atoms with Crippen LogP contribution in [0.1, 0.15) is 12.8 Å². The number of nitrogen functional groups attached to an aromatic ring is 1. The van der Waals surface area contributed by atoms with Crippen LogP contribution in [0, 0.1) is 0 Å². The second kappa shape index (κ2) is 5.49. The number of likely N-dealkylation sites (tertiary alicyclic amines) is 1. The lowest BCUT2D eigenvalue weighted by Crippen LogP contribution is -2.28. The van der Waals surface area contributed by atoms with Crippen LogP contribution in [0.25, 0.3) is 21.8 Å². The lowest BCUT2D eigenvalue weighted by molar-refractivity contribution is -0.127. The van der Waals surface area contributed by atoms with E-state index in [2.05, 4.69) is 26.0 Å². The highest BCUT2D eigenvalue weighted by Gasteiger charge is 2.20. The zero-order chi connectivity index (χ0) is 16.0. The first-order chi connectivity index (χ1) is 11.1. The van der Waals surface area contributed by atoms with Gasteiger partial charge in [0.2, 0.25) is 5.91 Å². The molecule has 0 spiro atoms. The Morgan fingerprint density at radius 2 is 2.13 bits per heavy atom. The first kappa shape index (κ1) is 14.4. The third kappa shape index (κ3) is 2.55. The van der Waals surface area contributed by atoms with Crippen molar-refractivity contribution in [3.05, 3.63) is 28.9 Å². The number of carbonyl (C=O) groups excluding carboxylic acids is 1. The Labute approximate surface area is 141 Å². The lowest BCUT2D eigenvalue weighted by Gasteiger charge is -2.14. The molecule has 1 saturated heterocycles. The van der Waals surface area contributed by atoms with Gasteiger partial charge in [0.25, 0.3) is 0 Å². The minimum Gasteiger partial charge on any atom is -0.382 e. The number of benzene rings is 1. The van der Waals surface area contributed by atoms with Crippen LogP contribution in [0.4, 0.5) is 5.82 Å². The molecule has 1 aromatic carbocycles. The Morgan fingerprint density at radius 3 is 2.91 bits per heavy atom. The van der Waals surface area contributed by atoms with Crippen molar-refractivity contribution in [2.75, 3.05) is 18.8 Å². The fourth-order valence-corrected chi connectivity index (χ4v) is 3.44. The molecule has 23 heavy (non-hydrogen) atoms. The Bertz CT molecular complexity index is 920. The van der Waals surface area contributed by atoms with E-state index in [0.717, 1.165) is 33.7 Å². The zero-order valence-corrected chi connectivity index (χ0v) is 14.1. The third-order valence-corrected chi connectivity index (χ3v) is 4.76. The van der Waals surface area contributed by atoms with Gasteiger partial charge in [-0.1, -0.05) is 22.0 Å². The molecule has 6 nitrogen and oxygen atoms in total. The smallest absolute Gasteiger partial charge is 0.222 e. The number of hydrogen-bond donors (Lipinski definition) is 1. The summed E-state index contributed by atoms with van der Waals surface area (Å²) in [6, 6.07) is 5.95. The number of anilines is 1. The summed E-state index contributed by atoms with van der Waals surface area (Å²) >= 11 is 3.46. The van der Waals surface area contributed by atoms with Gasteiger partial charge in [-0.05, 0) is 18.6 Å². The number of hydrogen-bond acceptors (Lipinski definition) is 4. The molecule has 0 unspecified atom stereocenters. The number of nitrogens with two attached hydrogens (primary N) is 1. The van der Waals surface area contributed by atoms with Crippen LogP contribution in [-0.2, 0) is 11.3 Å². The molecule has 0 aliphatic carbocycles. The maximum Gasteiger partial charge on any atom is 0.222 e. The van der Waals surface area contributed by atoms with E-state index in [1.54, 1.807) is 0 Å². The molecular formula is C16H16BrN5O. The first-order valence-corrected chi connectivity index (χ1v) is 8.41. The molecule has 118 valence electrons. The predicted molar refractivity (Wildman–Crippen MR) is 93.0 cm³/mol. The van der Waals surface area contributed by atoms with E-state index in [-0.39, 0.29) is 5.91 Å². The van der Waals surface area contributed by atoms with E-state index in [9.17, 15) is 4.79 Å². The number of halogens is 1. The maximum absolute atomic E-state index is 11.7. The largest absolute Gasteiger partial charge is 0.382 e. The lowest BCUT2D eigenvalue weighted by atomic mass is 10.1. The molecule has 0 atom stereocenters. The summed E-state index contributed by atoms with van der Waals surface area (Å²) < 4.78 is 2.83. The number of rotatable bonds is 3. The van der Waals surface area contributed by atoms with Crippen LogP contribution in [0.15, 0.2) is 28.9 Å². The van der Waals surface area contributed by atoms with Crippen molar-refractivity contribution in [2.24, 2.45) is 0 Å². The molecular weight excluding hydrogens is 358 g/mol. The summed E-state index contributed by atoms with van der Waals surface area (Å²) in [6.45, 7) is 2.20. The SMILES string of the molecule is Nc1nc2cc(Br)ccc2c2cn(CCN3CCCC3=O)nc12. The van der Waals surface area contributed by atoms with Gasteiger partial charge in [0.05, 0.1) is 12.1 Å². The van der Waals surface area contributed by atoms with Crippen molar-refractivity contribution in [1.82, 2.24) is 19.7 Å². The molecule has 3 heterocycles.